The molecule has 0 spiro atoms. The van der Waals surface area contributed by atoms with Crippen LogP contribution in [0.1, 0.15) is 15.9 Å². The summed E-state index contributed by atoms with van der Waals surface area (Å²) in [6, 6.07) is 11.6. The zero-order valence-corrected chi connectivity index (χ0v) is 10.2. The Morgan fingerprint density at radius 2 is 1.78 bits per heavy atom. The fourth-order valence-electron chi connectivity index (χ4n) is 1.86. The molecule has 2 rings (SSSR count). The number of benzene rings is 2. The van der Waals surface area contributed by atoms with Gasteiger partial charge in [-0.1, -0.05) is 18.2 Å². The highest BCUT2D eigenvalue weighted by atomic mass is 19.1. The molecule has 2 aromatic carbocycles. The third-order valence-electron chi connectivity index (χ3n) is 2.80. The van der Waals surface area contributed by atoms with Crippen LogP contribution in [0.2, 0.25) is 0 Å². The Kier molecular flexibility index (Phi) is 3.42. The minimum Gasteiger partial charge on any atom is -0.465 e. The number of aryl methyl sites for hydroxylation is 1. The lowest BCUT2D eigenvalue weighted by Crippen LogP contribution is -2.01. The Bertz CT molecular complexity index is 574. The van der Waals surface area contributed by atoms with Gasteiger partial charge in [0.1, 0.15) is 5.82 Å². The molecule has 0 aliphatic carbocycles. The minimum absolute atomic E-state index is 0.261. The molecule has 0 N–H and O–H groups in total. The van der Waals surface area contributed by atoms with E-state index >= 15 is 0 Å². The molecule has 2 nitrogen and oxygen atoms in total. The molecule has 3 heteroatoms. The van der Waals surface area contributed by atoms with E-state index in [2.05, 4.69) is 4.74 Å². The van der Waals surface area contributed by atoms with E-state index in [1.54, 1.807) is 24.3 Å². The molecule has 0 radical (unpaired) electrons. The van der Waals surface area contributed by atoms with Crippen LogP contribution in [0.25, 0.3) is 11.1 Å². The van der Waals surface area contributed by atoms with Crippen LogP contribution in [0, 0.1) is 12.7 Å². The molecule has 0 aliphatic rings. The van der Waals surface area contributed by atoms with Crippen LogP contribution in [0.15, 0.2) is 42.5 Å². The van der Waals surface area contributed by atoms with Gasteiger partial charge < -0.3 is 4.74 Å². The zero-order valence-electron chi connectivity index (χ0n) is 10.2. The van der Waals surface area contributed by atoms with Crippen molar-refractivity contribution in [3.05, 3.63) is 59.4 Å². The topological polar surface area (TPSA) is 26.3 Å². The summed E-state index contributed by atoms with van der Waals surface area (Å²) in [5, 5.41) is 0. The lowest BCUT2D eigenvalue weighted by Gasteiger charge is -2.08. The minimum atomic E-state index is -0.358. The summed E-state index contributed by atoms with van der Waals surface area (Å²) in [6.45, 7) is 1.91. The Balaban J connectivity index is 2.41. The normalized spacial score (nSPS) is 10.2. The zero-order chi connectivity index (χ0) is 13.1. The molecular weight excluding hydrogens is 231 g/mol. The molecule has 0 amide bonds. The van der Waals surface area contributed by atoms with Gasteiger partial charge in [-0.3, -0.25) is 0 Å². The molecule has 18 heavy (non-hydrogen) atoms. The van der Waals surface area contributed by atoms with Gasteiger partial charge in [-0.25, -0.2) is 9.18 Å². The third kappa shape index (κ3) is 2.40. The van der Waals surface area contributed by atoms with Crippen LogP contribution in [0.5, 0.6) is 0 Å². The monoisotopic (exact) mass is 244 g/mol. The first kappa shape index (κ1) is 12.3. The van der Waals surface area contributed by atoms with Crippen molar-refractivity contribution in [2.45, 2.75) is 6.92 Å². The van der Waals surface area contributed by atoms with Crippen LogP contribution in [-0.2, 0) is 4.74 Å². The van der Waals surface area contributed by atoms with Gasteiger partial charge in [0, 0.05) is 0 Å². The second kappa shape index (κ2) is 5.00. The highest BCUT2D eigenvalue weighted by molar-refractivity contribution is 5.90. The number of rotatable bonds is 2. The van der Waals surface area contributed by atoms with E-state index in [0.717, 1.165) is 16.7 Å². The van der Waals surface area contributed by atoms with E-state index in [1.165, 1.54) is 19.2 Å². The van der Waals surface area contributed by atoms with Crippen LogP contribution in [0.3, 0.4) is 0 Å². The summed E-state index contributed by atoms with van der Waals surface area (Å²) in [5.41, 5.74) is 3.36. The molecule has 0 aliphatic heterocycles. The average molecular weight is 244 g/mol. The summed E-state index contributed by atoms with van der Waals surface area (Å²) < 4.78 is 17.5. The SMILES string of the molecule is COC(=O)c1ccc(-c2ccc(F)cc2)c(C)c1. The van der Waals surface area contributed by atoms with E-state index in [4.69, 9.17) is 0 Å². The second-order valence-electron chi connectivity index (χ2n) is 4.03. The van der Waals surface area contributed by atoms with Crippen LogP contribution in [-0.4, -0.2) is 13.1 Å². The van der Waals surface area contributed by atoms with E-state index in [0.29, 0.717) is 5.56 Å². The van der Waals surface area contributed by atoms with Crippen LogP contribution in [0.4, 0.5) is 4.39 Å². The quantitative estimate of drug-likeness (QED) is 0.755. The molecule has 0 heterocycles. The predicted octanol–water partition coefficient (Wildman–Crippen LogP) is 3.59. The van der Waals surface area contributed by atoms with Gasteiger partial charge in [-0.05, 0) is 47.9 Å². The lowest BCUT2D eigenvalue weighted by atomic mass is 9.98. The van der Waals surface area contributed by atoms with Gasteiger partial charge in [-0.2, -0.15) is 0 Å². The maximum absolute atomic E-state index is 12.9. The molecular formula is C15H13FO2. The van der Waals surface area contributed by atoms with E-state index in [-0.39, 0.29) is 11.8 Å². The van der Waals surface area contributed by atoms with E-state index < -0.39 is 0 Å². The third-order valence-corrected chi connectivity index (χ3v) is 2.80. The van der Waals surface area contributed by atoms with Crippen molar-refractivity contribution in [1.82, 2.24) is 0 Å². The van der Waals surface area contributed by atoms with E-state index in [1.807, 2.05) is 13.0 Å². The molecule has 0 saturated heterocycles. The highest BCUT2D eigenvalue weighted by Gasteiger charge is 2.08. The summed E-state index contributed by atoms with van der Waals surface area (Å²) in [7, 11) is 1.35. The molecule has 0 atom stereocenters. The second-order valence-corrected chi connectivity index (χ2v) is 4.03. The van der Waals surface area contributed by atoms with E-state index in [9.17, 15) is 9.18 Å². The van der Waals surface area contributed by atoms with Gasteiger partial charge >= 0.3 is 5.97 Å². The largest absolute Gasteiger partial charge is 0.465 e. The first-order chi connectivity index (χ1) is 8.61. The number of esters is 1. The fourth-order valence-corrected chi connectivity index (χ4v) is 1.86. The lowest BCUT2D eigenvalue weighted by molar-refractivity contribution is 0.0600. The Morgan fingerprint density at radius 3 is 2.33 bits per heavy atom. The van der Waals surface area contributed by atoms with Crippen LogP contribution < -0.4 is 0 Å². The maximum atomic E-state index is 12.9. The molecule has 0 bridgehead atoms. The van der Waals surface area contributed by atoms with Gasteiger partial charge in [0.05, 0.1) is 12.7 Å². The number of carbonyl (C=O) groups excluding carboxylic acids is 1. The summed E-state index contributed by atoms with van der Waals surface area (Å²) in [6.07, 6.45) is 0. The number of methoxy groups -OCH3 is 1. The molecule has 0 aromatic heterocycles. The van der Waals surface area contributed by atoms with Gasteiger partial charge in [0.15, 0.2) is 0 Å². The summed E-state index contributed by atoms with van der Waals surface area (Å²) >= 11 is 0. The fraction of sp³-hybridized carbons (Fsp3) is 0.133. The number of ether oxygens (including phenoxy) is 1. The van der Waals surface area contributed by atoms with Crippen LogP contribution >= 0.6 is 0 Å². The van der Waals surface area contributed by atoms with Crippen molar-refractivity contribution < 1.29 is 13.9 Å². The number of hydrogen-bond donors (Lipinski definition) is 0. The van der Waals surface area contributed by atoms with Crippen molar-refractivity contribution in [1.29, 1.82) is 0 Å². The summed E-state index contributed by atoms with van der Waals surface area (Å²) in [5.74, 6) is -0.619. The molecule has 92 valence electrons. The van der Waals surface area contributed by atoms with Crippen molar-refractivity contribution in [2.75, 3.05) is 7.11 Å². The Labute approximate surface area is 105 Å². The Hall–Kier alpha value is -2.16. The van der Waals surface area contributed by atoms with Crippen molar-refractivity contribution in [3.8, 4) is 11.1 Å². The molecule has 0 unspecified atom stereocenters. The molecule has 0 fully saturated rings. The number of hydrogen-bond acceptors (Lipinski definition) is 2. The number of halogens is 1. The maximum Gasteiger partial charge on any atom is 0.337 e. The Morgan fingerprint density at radius 1 is 1.11 bits per heavy atom. The average Bonchev–Trinajstić information content (AvgIpc) is 2.39. The van der Waals surface area contributed by atoms with Crippen molar-refractivity contribution in [2.24, 2.45) is 0 Å². The van der Waals surface area contributed by atoms with Crippen molar-refractivity contribution in [3.63, 3.8) is 0 Å². The smallest absolute Gasteiger partial charge is 0.337 e. The van der Waals surface area contributed by atoms with Gasteiger partial charge in [0.25, 0.3) is 0 Å². The van der Waals surface area contributed by atoms with Gasteiger partial charge in [-0.15, -0.1) is 0 Å². The van der Waals surface area contributed by atoms with Crippen molar-refractivity contribution >= 4 is 5.97 Å². The molecule has 0 saturated carbocycles. The number of carbonyl (C=O) groups is 1. The highest BCUT2D eigenvalue weighted by Crippen LogP contribution is 2.24. The van der Waals surface area contributed by atoms with Gasteiger partial charge in [0.2, 0.25) is 0 Å². The standard InChI is InChI=1S/C15H13FO2/c1-10-9-12(15(17)18-2)5-8-14(10)11-3-6-13(16)7-4-11/h3-9H,1-2H3. The first-order valence-corrected chi connectivity index (χ1v) is 5.56. The predicted molar refractivity (Wildman–Crippen MR) is 67.9 cm³/mol. The summed E-state index contributed by atoms with van der Waals surface area (Å²) in [4.78, 5) is 11.4. The first-order valence-electron chi connectivity index (χ1n) is 5.56. The molecule has 2 aromatic rings.